The monoisotopic (exact) mass is 279 g/mol. The van der Waals surface area contributed by atoms with Crippen molar-refractivity contribution in [2.24, 2.45) is 5.41 Å². The summed E-state index contributed by atoms with van der Waals surface area (Å²) in [5.41, 5.74) is -0.0487. The molecule has 1 N–H and O–H groups in total. The quantitative estimate of drug-likeness (QED) is 0.671. The molecule has 20 heavy (non-hydrogen) atoms. The van der Waals surface area contributed by atoms with Crippen molar-refractivity contribution in [3.63, 3.8) is 0 Å². The van der Waals surface area contributed by atoms with Gasteiger partial charge in [0.15, 0.2) is 0 Å². The number of aliphatic carboxylic acids is 1. The maximum Gasteiger partial charge on any atom is 0.311 e. The summed E-state index contributed by atoms with van der Waals surface area (Å²) in [6, 6.07) is 1.49. The molecule has 7 nitrogen and oxygen atoms in total. The summed E-state index contributed by atoms with van der Waals surface area (Å²) in [5, 5.41) is 20.3. The zero-order chi connectivity index (χ0) is 14.9. The fraction of sp³-hybridized carbons (Fsp3) is 0.538. The predicted molar refractivity (Wildman–Crippen MR) is 72.8 cm³/mol. The zero-order valence-corrected chi connectivity index (χ0v) is 11.5. The third kappa shape index (κ3) is 2.56. The first-order chi connectivity index (χ1) is 9.33. The van der Waals surface area contributed by atoms with Crippen molar-refractivity contribution in [2.75, 3.05) is 18.0 Å². The number of aryl methyl sites for hydroxylation is 1. The molecule has 0 radical (unpaired) electrons. The normalized spacial score (nSPS) is 17.8. The highest BCUT2D eigenvalue weighted by Gasteiger charge is 2.38. The molecule has 0 aliphatic carbocycles. The lowest BCUT2D eigenvalue weighted by Crippen LogP contribution is -2.43. The number of hydrogen-bond donors (Lipinski definition) is 1. The van der Waals surface area contributed by atoms with Crippen molar-refractivity contribution in [2.45, 2.75) is 26.7 Å². The molecule has 0 amide bonds. The van der Waals surface area contributed by atoms with Gasteiger partial charge in [-0.3, -0.25) is 14.9 Å². The average molecular weight is 279 g/mol. The number of carbonyl (C=O) groups is 1. The van der Waals surface area contributed by atoms with Crippen LogP contribution in [0.1, 0.15) is 25.3 Å². The molecular weight excluding hydrogens is 262 g/mol. The van der Waals surface area contributed by atoms with Crippen LogP contribution in [-0.4, -0.2) is 34.1 Å². The summed E-state index contributed by atoms with van der Waals surface area (Å²) in [6.45, 7) is 4.38. The summed E-state index contributed by atoms with van der Waals surface area (Å²) in [4.78, 5) is 27.8. The molecule has 1 aromatic rings. The summed E-state index contributed by atoms with van der Waals surface area (Å²) in [6.07, 6.45) is 2.50. The van der Waals surface area contributed by atoms with E-state index in [1.807, 2.05) is 0 Å². The second kappa shape index (κ2) is 5.07. The zero-order valence-electron chi connectivity index (χ0n) is 11.5. The van der Waals surface area contributed by atoms with E-state index in [1.54, 1.807) is 24.9 Å². The lowest BCUT2D eigenvalue weighted by molar-refractivity contribution is -0.384. The first kappa shape index (κ1) is 14.2. The molecule has 7 heteroatoms. The Bertz CT molecular complexity index is 551. The van der Waals surface area contributed by atoms with E-state index in [4.69, 9.17) is 0 Å². The number of carboxylic acids is 1. The first-order valence-corrected chi connectivity index (χ1v) is 6.43. The highest BCUT2D eigenvalue weighted by Crippen LogP contribution is 2.35. The standard InChI is InChI=1S/C13H17N3O4/c1-9-7-10(16(19)20)11(14-8-9)15-5-3-13(2,4-6-15)12(17)18/h7-8H,3-6H2,1-2H3,(H,17,18). The minimum absolute atomic E-state index is 0.0241. The molecule has 0 unspecified atom stereocenters. The van der Waals surface area contributed by atoms with E-state index in [1.165, 1.54) is 6.07 Å². The Hall–Kier alpha value is -2.18. The van der Waals surface area contributed by atoms with Gasteiger partial charge in [-0.2, -0.15) is 0 Å². The molecule has 1 saturated heterocycles. The van der Waals surface area contributed by atoms with Crippen LogP contribution in [0.25, 0.3) is 0 Å². The van der Waals surface area contributed by atoms with Crippen LogP contribution < -0.4 is 4.90 Å². The number of nitrogens with zero attached hydrogens (tertiary/aromatic N) is 3. The highest BCUT2D eigenvalue weighted by molar-refractivity contribution is 5.74. The van der Waals surface area contributed by atoms with Gasteiger partial charge >= 0.3 is 11.7 Å². The van der Waals surface area contributed by atoms with Gasteiger partial charge in [-0.1, -0.05) is 0 Å². The second-order valence-corrected chi connectivity index (χ2v) is 5.47. The number of aromatic nitrogens is 1. The minimum Gasteiger partial charge on any atom is -0.481 e. The summed E-state index contributed by atoms with van der Waals surface area (Å²) >= 11 is 0. The molecule has 2 rings (SSSR count). The highest BCUT2D eigenvalue weighted by atomic mass is 16.6. The van der Waals surface area contributed by atoms with Crippen molar-refractivity contribution in [3.05, 3.63) is 27.9 Å². The fourth-order valence-corrected chi connectivity index (χ4v) is 2.35. The molecule has 1 fully saturated rings. The van der Waals surface area contributed by atoms with Gasteiger partial charge in [-0.25, -0.2) is 4.98 Å². The minimum atomic E-state index is -0.816. The summed E-state index contributed by atoms with van der Waals surface area (Å²) in [5.74, 6) is -0.489. The Morgan fingerprint density at radius 1 is 1.50 bits per heavy atom. The van der Waals surface area contributed by atoms with E-state index in [-0.39, 0.29) is 5.69 Å². The van der Waals surface area contributed by atoms with Gasteiger partial charge < -0.3 is 10.0 Å². The molecule has 0 spiro atoms. The van der Waals surface area contributed by atoms with E-state index in [0.717, 1.165) is 5.56 Å². The Labute approximate surface area is 116 Å². The lowest BCUT2D eigenvalue weighted by atomic mass is 9.80. The van der Waals surface area contributed by atoms with Gasteiger partial charge in [-0.05, 0) is 32.3 Å². The Morgan fingerprint density at radius 2 is 2.10 bits per heavy atom. The third-order valence-corrected chi connectivity index (χ3v) is 3.86. The number of pyridine rings is 1. The molecule has 2 heterocycles. The van der Waals surface area contributed by atoms with Gasteiger partial charge in [0.2, 0.25) is 5.82 Å². The van der Waals surface area contributed by atoms with Crippen LogP contribution in [0.2, 0.25) is 0 Å². The van der Waals surface area contributed by atoms with Crippen LogP contribution in [0.4, 0.5) is 11.5 Å². The van der Waals surface area contributed by atoms with E-state index >= 15 is 0 Å². The first-order valence-electron chi connectivity index (χ1n) is 6.43. The van der Waals surface area contributed by atoms with Crippen LogP contribution in [0, 0.1) is 22.5 Å². The molecule has 0 bridgehead atoms. The van der Waals surface area contributed by atoms with E-state index in [2.05, 4.69) is 4.98 Å². The molecule has 1 aromatic heterocycles. The van der Waals surface area contributed by atoms with Gasteiger partial charge in [0, 0.05) is 25.4 Å². The molecule has 0 atom stereocenters. The number of hydrogen-bond acceptors (Lipinski definition) is 5. The fourth-order valence-electron chi connectivity index (χ4n) is 2.35. The van der Waals surface area contributed by atoms with Gasteiger partial charge in [-0.15, -0.1) is 0 Å². The molecular formula is C13H17N3O4. The van der Waals surface area contributed by atoms with E-state index < -0.39 is 16.3 Å². The van der Waals surface area contributed by atoms with Gasteiger partial charge in [0.05, 0.1) is 10.3 Å². The number of rotatable bonds is 3. The lowest BCUT2D eigenvalue weighted by Gasteiger charge is -2.36. The molecule has 0 aromatic carbocycles. The molecule has 1 aliphatic rings. The largest absolute Gasteiger partial charge is 0.481 e. The number of carboxylic acid groups (broad SMARTS) is 1. The SMILES string of the molecule is Cc1cnc(N2CCC(C)(C(=O)O)CC2)c([N+](=O)[O-])c1. The number of piperidine rings is 1. The third-order valence-electron chi connectivity index (χ3n) is 3.86. The average Bonchev–Trinajstić information content (AvgIpc) is 2.39. The smallest absolute Gasteiger partial charge is 0.311 e. The van der Waals surface area contributed by atoms with Crippen LogP contribution in [0.3, 0.4) is 0 Å². The van der Waals surface area contributed by atoms with Crippen molar-refractivity contribution in [3.8, 4) is 0 Å². The van der Waals surface area contributed by atoms with Crippen LogP contribution in [0.15, 0.2) is 12.3 Å². The number of anilines is 1. The maximum atomic E-state index is 11.2. The van der Waals surface area contributed by atoms with Crippen LogP contribution in [-0.2, 0) is 4.79 Å². The molecule has 108 valence electrons. The van der Waals surface area contributed by atoms with Crippen molar-refractivity contribution < 1.29 is 14.8 Å². The second-order valence-electron chi connectivity index (χ2n) is 5.47. The van der Waals surface area contributed by atoms with Crippen LogP contribution in [0.5, 0.6) is 0 Å². The van der Waals surface area contributed by atoms with Crippen LogP contribution >= 0.6 is 0 Å². The van der Waals surface area contributed by atoms with Gasteiger partial charge in [0.25, 0.3) is 0 Å². The summed E-state index contributed by atoms with van der Waals surface area (Å²) < 4.78 is 0. The van der Waals surface area contributed by atoms with Crippen molar-refractivity contribution >= 4 is 17.5 Å². The maximum absolute atomic E-state index is 11.2. The Kier molecular flexibility index (Phi) is 3.61. The predicted octanol–water partition coefficient (Wildman–Crippen LogP) is 1.99. The van der Waals surface area contributed by atoms with E-state index in [0.29, 0.717) is 31.7 Å². The Balaban J connectivity index is 2.23. The van der Waals surface area contributed by atoms with Crippen molar-refractivity contribution in [1.29, 1.82) is 0 Å². The summed E-state index contributed by atoms with van der Waals surface area (Å²) in [7, 11) is 0. The number of nitro groups is 1. The van der Waals surface area contributed by atoms with Gasteiger partial charge in [0.1, 0.15) is 0 Å². The molecule has 0 saturated carbocycles. The Morgan fingerprint density at radius 3 is 2.60 bits per heavy atom. The molecule has 1 aliphatic heterocycles. The van der Waals surface area contributed by atoms with Crippen molar-refractivity contribution in [1.82, 2.24) is 4.98 Å². The van der Waals surface area contributed by atoms with E-state index in [9.17, 15) is 20.0 Å². The topological polar surface area (TPSA) is 96.6 Å².